The molecule has 0 radical (unpaired) electrons. The molecular formula is C21H32N4O3. The molecular weight excluding hydrogens is 356 g/mol. The van der Waals surface area contributed by atoms with Gasteiger partial charge in [0.1, 0.15) is 0 Å². The number of likely N-dealkylation sites (N-methyl/N-ethyl adjacent to an activating group) is 1. The van der Waals surface area contributed by atoms with Gasteiger partial charge in [0, 0.05) is 25.7 Å². The minimum Gasteiger partial charge on any atom is -0.359 e. The van der Waals surface area contributed by atoms with Gasteiger partial charge < -0.3 is 15.5 Å². The highest BCUT2D eigenvalue weighted by molar-refractivity contribution is 5.95. The van der Waals surface area contributed by atoms with E-state index in [9.17, 15) is 14.4 Å². The third-order valence-electron chi connectivity index (χ3n) is 5.48. The van der Waals surface area contributed by atoms with Crippen LogP contribution in [-0.2, 0) is 20.8 Å². The first-order chi connectivity index (χ1) is 13.4. The molecule has 0 aliphatic carbocycles. The van der Waals surface area contributed by atoms with Crippen molar-refractivity contribution in [1.82, 2.24) is 15.1 Å². The van der Waals surface area contributed by atoms with E-state index < -0.39 is 0 Å². The van der Waals surface area contributed by atoms with Crippen LogP contribution in [0.4, 0.5) is 5.69 Å². The van der Waals surface area contributed by atoms with E-state index in [2.05, 4.69) is 15.5 Å². The predicted octanol–water partition coefficient (Wildman–Crippen LogP) is 1.49. The highest BCUT2D eigenvalue weighted by atomic mass is 16.2. The van der Waals surface area contributed by atoms with Crippen LogP contribution in [0.5, 0.6) is 0 Å². The fourth-order valence-electron chi connectivity index (χ4n) is 3.66. The van der Waals surface area contributed by atoms with Crippen molar-refractivity contribution < 1.29 is 14.4 Å². The van der Waals surface area contributed by atoms with Crippen molar-refractivity contribution in [3.05, 3.63) is 29.8 Å². The van der Waals surface area contributed by atoms with Crippen molar-refractivity contribution in [2.45, 2.75) is 39.2 Å². The van der Waals surface area contributed by atoms with Crippen molar-refractivity contribution in [2.75, 3.05) is 39.0 Å². The maximum atomic E-state index is 12.7. The number of para-hydroxylation sites is 1. The molecule has 1 aliphatic heterocycles. The second kappa shape index (κ2) is 10.2. The summed E-state index contributed by atoms with van der Waals surface area (Å²) in [5.74, 6) is -0.204. The number of hydrogen-bond donors (Lipinski definition) is 2. The molecule has 1 saturated heterocycles. The molecule has 7 heteroatoms. The van der Waals surface area contributed by atoms with E-state index in [0.717, 1.165) is 30.5 Å². The van der Waals surface area contributed by atoms with Gasteiger partial charge in [-0.2, -0.15) is 0 Å². The molecule has 2 N–H and O–H groups in total. The van der Waals surface area contributed by atoms with Gasteiger partial charge in [-0.15, -0.1) is 0 Å². The molecule has 1 atom stereocenters. The Bertz CT molecular complexity index is 699. The number of likely N-dealkylation sites (tertiary alicyclic amines) is 1. The Labute approximate surface area is 167 Å². The van der Waals surface area contributed by atoms with E-state index in [4.69, 9.17) is 0 Å². The standard InChI is InChI=1S/C21H32N4O3/c1-5-16-8-6-7-9-18(16)23-19(26)14-24(4)21(28)15(2)25-12-10-17(11-13-25)20(27)22-3/h6-9,15,17H,5,10-14H2,1-4H3,(H,22,27)(H,23,26)/t15-/m1/s1. The zero-order valence-corrected chi connectivity index (χ0v) is 17.3. The van der Waals surface area contributed by atoms with Gasteiger partial charge in [-0.25, -0.2) is 0 Å². The van der Waals surface area contributed by atoms with Crippen LogP contribution in [0, 0.1) is 5.92 Å². The van der Waals surface area contributed by atoms with Gasteiger partial charge in [0.05, 0.1) is 12.6 Å². The van der Waals surface area contributed by atoms with E-state index in [1.54, 1.807) is 14.1 Å². The molecule has 7 nitrogen and oxygen atoms in total. The Morgan fingerprint density at radius 1 is 1.21 bits per heavy atom. The fraction of sp³-hybridized carbons (Fsp3) is 0.571. The van der Waals surface area contributed by atoms with Crippen LogP contribution >= 0.6 is 0 Å². The number of amides is 3. The smallest absolute Gasteiger partial charge is 0.243 e. The van der Waals surface area contributed by atoms with Gasteiger partial charge in [0.25, 0.3) is 0 Å². The van der Waals surface area contributed by atoms with E-state index in [1.807, 2.05) is 38.1 Å². The van der Waals surface area contributed by atoms with Crippen molar-refractivity contribution in [3.8, 4) is 0 Å². The van der Waals surface area contributed by atoms with Gasteiger partial charge in [-0.1, -0.05) is 25.1 Å². The average Bonchev–Trinajstić information content (AvgIpc) is 2.72. The van der Waals surface area contributed by atoms with Gasteiger partial charge >= 0.3 is 0 Å². The Kier molecular flexibility index (Phi) is 7.99. The van der Waals surface area contributed by atoms with Crippen LogP contribution in [0.15, 0.2) is 24.3 Å². The van der Waals surface area contributed by atoms with Gasteiger partial charge in [-0.3, -0.25) is 19.3 Å². The highest BCUT2D eigenvalue weighted by Crippen LogP contribution is 2.20. The SMILES string of the molecule is CCc1ccccc1NC(=O)CN(C)C(=O)[C@@H](C)N1CCC(C(=O)NC)CC1. The van der Waals surface area contributed by atoms with Crippen LogP contribution in [-0.4, -0.2) is 67.3 Å². The topological polar surface area (TPSA) is 81.8 Å². The summed E-state index contributed by atoms with van der Waals surface area (Å²) in [5.41, 5.74) is 1.86. The molecule has 0 aromatic heterocycles. The number of nitrogens with one attached hydrogen (secondary N) is 2. The maximum Gasteiger partial charge on any atom is 0.243 e. The minimum atomic E-state index is -0.314. The number of rotatable bonds is 7. The molecule has 2 rings (SSSR count). The summed E-state index contributed by atoms with van der Waals surface area (Å²) in [4.78, 5) is 40.4. The number of nitrogens with zero attached hydrogens (tertiary/aromatic N) is 2. The molecule has 1 aromatic rings. The van der Waals surface area contributed by atoms with Crippen LogP contribution in [0.1, 0.15) is 32.3 Å². The first kappa shape index (κ1) is 21.9. The molecule has 0 saturated carbocycles. The summed E-state index contributed by atoms with van der Waals surface area (Å²) in [5, 5.41) is 5.59. The molecule has 0 bridgehead atoms. The summed E-state index contributed by atoms with van der Waals surface area (Å²) in [6.07, 6.45) is 2.32. The monoisotopic (exact) mass is 388 g/mol. The lowest BCUT2D eigenvalue weighted by atomic mass is 9.95. The molecule has 1 fully saturated rings. The molecule has 1 aromatic carbocycles. The Morgan fingerprint density at radius 2 is 1.86 bits per heavy atom. The highest BCUT2D eigenvalue weighted by Gasteiger charge is 2.30. The Balaban J connectivity index is 1.86. The molecule has 0 unspecified atom stereocenters. The summed E-state index contributed by atoms with van der Waals surface area (Å²) < 4.78 is 0. The van der Waals surface area contributed by atoms with Crippen molar-refractivity contribution >= 4 is 23.4 Å². The Hall–Kier alpha value is -2.41. The summed E-state index contributed by atoms with van der Waals surface area (Å²) in [7, 11) is 3.31. The van der Waals surface area contributed by atoms with Crippen LogP contribution in [0.2, 0.25) is 0 Å². The molecule has 28 heavy (non-hydrogen) atoms. The number of anilines is 1. The van der Waals surface area contributed by atoms with E-state index in [1.165, 1.54) is 4.90 Å². The number of benzene rings is 1. The average molecular weight is 389 g/mol. The van der Waals surface area contributed by atoms with Gasteiger partial charge in [0.2, 0.25) is 17.7 Å². The number of carbonyl (C=O) groups is 3. The first-order valence-corrected chi connectivity index (χ1v) is 9.95. The molecule has 3 amide bonds. The van der Waals surface area contributed by atoms with Gasteiger partial charge in [-0.05, 0) is 50.9 Å². The van der Waals surface area contributed by atoms with Crippen molar-refractivity contribution in [1.29, 1.82) is 0 Å². The molecule has 154 valence electrons. The number of aryl methyl sites for hydroxylation is 1. The third kappa shape index (κ3) is 5.55. The summed E-state index contributed by atoms with van der Waals surface area (Å²) >= 11 is 0. The Morgan fingerprint density at radius 3 is 2.46 bits per heavy atom. The first-order valence-electron chi connectivity index (χ1n) is 9.95. The molecule has 1 aliphatic rings. The fourth-order valence-corrected chi connectivity index (χ4v) is 3.66. The van der Waals surface area contributed by atoms with Crippen LogP contribution in [0.25, 0.3) is 0 Å². The van der Waals surface area contributed by atoms with Crippen LogP contribution in [0.3, 0.4) is 0 Å². The van der Waals surface area contributed by atoms with Crippen LogP contribution < -0.4 is 10.6 Å². The van der Waals surface area contributed by atoms with E-state index >= 15 is 0 Å². The number of piperidine rings is 1. The lowest BCUT2D eigenvalue weighted by molar-refractivity contribution is -0.138. The number of carbonyl (C=O) groups excluding carboxylic acids is 3. The largest absolute Gasteiger partial charge is 0.359 e. The third-order valence-corrected chi connectivity index (χ3v) is 5.48. The molecule has 0 spiro atoms. The van der Waals surface area contributed by atoms with Crippen molar-refractivity contribution in [3.63, 3.8) is 0 Å². The zero-order valence-electron chi connectivity index (χ0n) is 17.3. The second-order valence-corrected chi connectivity index (χ2v) is 7.35. The summed E-state index contributed by atoms with van der Waals surface area (Å²) in [6, 6.07) is 7.37. The minimum absolute atomic E-state index is 0.00985. The quantitative estimate of drug-likeness (QED) is 0.742. The normalized spacial score (nSPS) is 16.3. The van der Waals surface area contributed by atoms with E-state index in [-0.39, 0.29) is 36.2 Å². The van der Waals surface area contributed by atoms with E-state index in [0.29, 0.717) is 13.1 Å². The van der Waals surface area contributed by atoms with Crippen molar-refractivity contribution in [2.24, 2.45) is 5.92 Å². The zero-order chi connectivity index (χ0) is 20.7. The predicted molar refractivity (Wildman–Crippen MR) is 110 cm³/mol. The molecule has 1 heterocycles. The number of hydrogen-bond acceptors (Lipinski definition) is 4. The lowest BCUT2D eigenvalue weighted by Gasteiger charge is -2.36. The summed E-state index contributed by atoms with van der Waals surface area (Å²) in [6.45, 7) is 5.32. The maximum absolute atomic E-state index is 12.7. The lowest BCUT2D eigenvalue weighted by Crippen LogP contribution is -2.51. The second-order valence-electron chi connectivity index (χ2n) is 7.35. The van der Waals surface area contributed by atoms with Gasteiger partial charge in [0.15, 0.2) is 0 Å².